The summed E-state index contributed by atoms with van der Waals surface area (Å²) in [6.07, 6.45) is -0.490. The van der Waals surface area contributed by atoms with Crippen molar-refractivity contribution in [3.63, 3.8) is 0 Å². The number of nitrogens with zero attached hydrogens (tertiary/aromatic N) is 5. The molecular formula is C20H19F5N6. The lowest BCUT2D eigenvalue weighted by Crippen LogP contribution is -2.42. The highest BCUT2D eigenvalue weighted by molar-refractivity contribution is 5.58. The first-order chi connectivity index (χ1) is 14.7. The van der Waals surface area contributed by atoms with Gasteiger partial charge in [0, 0.05) is 31.0 Å². The monoisotopic (exact) mass is 438 g/mol. The van der Waals surface area contributed by atoms with Crippen molar-refractivity contribution < 1.29 is 22.0 Å². The Morgan fingerprint density at radius 2 is 2.00 bits per heavy atom. The van der Waals surface area contributed by atoms with Gasteiger partial charge in [0.05, 0.1) is 18.8 Å². The molecule has 6 nitrogen and oxygen atoms in total. The molecule has 0 saturated carbocycles. The summed E-state index contributed by atoms with van der Waals surface area (Å²) in [5, 5.41) is 2.96. The highest BCUT2D eigenvalue weighted by atomic mass is 19.4. The van der Waals surface area contributed by atoms with E-state index in [1.807, 2.05) is 0 Å². The molecule has 3 aromatic rings. The number of aromatic nitrogens is 4. The molecule has 4 heterocycles. The summed E-state index contributed by atoms with van der Waals surface area (Å²) in [4.78, 5) is 13.9. The fourth-order valence-corrected chi connectivity index (χ4v) is 3.63. The Morgan fingerprint density at radius 1 is 1.19 bits per heavy atom. The third-order valence-electron chi connectivity index (χ3n) is 5.06. The number of halogens is 5. The van der Waals surface area contributed by atoms with Gasteiger partial charge >= 0.3 is 6.18 Å². The van der Waals surface area contributed by atoms with Gasteiger partial charge in [0.15, 0.2) is 17.5 Å². The standard InChI is InChI=1S/C20H19F5N6/c1-12(7-20(23,24)25)30-6-2-3-14(11-30)28-18-15(22)8-27-19(29-18)16-9-26-17-5-4-13(21)10-31(16)17/h4-5,8-10,14H,1-3,6-7,11H2,(H,27,28,29)/t14-/m1/s1. The average Bonchev–Trinajstić information content (AvgIpc) is 3.11. The van der Waals surface area contributed by atoms with Crippen LogP contribution >= 0.6 is 0 Å². The number of anilines is 1. The van der Waals surface area contributed by atoms with Gasteiger partial charge < -0.3 is 10.2 Å². The van der Waals surface area contributed by atoms with E-state index in [-0.39, 0.29) is 29.9 Å². The van der Waals surface area contributed by atoms with Gasteiger partial charge in [-0.3, -0.25) is 4.40 Å². The van der Waals surface area contributed by atoms with Crippen molar-refractivity contribution in [2.75, 3.05) is 18.4 Å². The Kier molecular flexibility index (Phi) is 5.50. The van der Waals surface area contributed by atoms with Crippen LogP contribution in [0.25, 0.3) is 17.2 Å². The van der Waals surface area contributed by atoms with Crippen LogP contribution < -0.4 is 5.32 Å². The molecule has 4 rings (SSSR count). The second-order valence-electron chi connectivity index (χ2n) is 7.40. The first-order valence-electron chi connectivity index (χ1n) is 9.61. The quantitative estimate of drug-likeness (QED) is 0.598. The van der Waals surface area contributed by atoms with Crippen molar-refractivity contribution in [2.24, 2.45) is 0 Å². The third-order valence-corrected chi connectivity index (χ3v) is 5.06. The van der Waals surface area contributed by atoms with Gasteiger partial charge in [0.25, 0.3) is 0 Å². The number of alkyl halides is 3. The zero-order valence-corrected chi connectivity index (χ0v) is 16.3. The number of imidazole rings is 1. The molecule has 0 bridgehead atoms. The van der Waals surface area contributed by atoms with E-state index in [0.717, 1.165) is 6.20 Å². The molecule has 164 valence electrons. The van der Waals surface area contributed by atoms with Gasteiger partial charge in [-0.05, 0) is 25.0 Å². The average molecular weight is 438 g/mol. The number of rotatable bonds is 5. The Morgan fingerprint density at radius 3 is 2.77 bits per heavy atom. The minimum atomic E-state index is -4.33. The van der Waals surface area contributed by atoms with E-state index in [9.17, 15) is 22.0 Å². The van der Waals surface area contributed by atoms with E-state index in [4.69, 9.17) is 0 Å². The molecule has 0 aliphatic carbocycles. The number of hydrogen-bond acceptors (Lipinski definition) is 5. The molecule has 1 atom stereocenters. The van der Waals surface area contributed by atoms with E-state index in [0.29, 0.717) is 30.7 Å². The maximum Gasteiger partial charge on any atom is 0.394 e. The van der Waals surface area contributed by atoms with E-state index >= 15 is 0 Å². The molecule has 0 amide bonds. The number of hydrogen-bond donors (Lipinski definition) is 1. The molecule has 11 heteroatoms. The summed E-state index contributed by atoms with van der Waals surface area (Å²) < 4.78 is 67.5. The molecule has 0 radical (unpaired) electrons. The lowest BCUT2D eigenvalue weighted by molar-refractivity contribution is -0.130. The van der Waals surface area contributed by atoms with Crippen LogP contribution in [0.4, 0.5) is 27.8 Å². The van der Waals surface area contributed by atoms with Gasteiger partial charge in [0.1, 0.15) is 17.2 Å². The SMILES string of the molecule is C=C(CC(F)(F)F)N1CCC[C@@H](Nc2nc(-c3cnc4ccc(F)cn34)ncc2F)C1. The van der Waals surface area contributed by atoms with Crippen LogP contribution in [0.1, 0.15) is 19.3 Å². The molecule has 31 heavy (non-hydrogen) atoms. The van der Waals surface area contributed by atoms with E-state index in [1.165, 1.54) is 28.9 Å². The minimum absolute atomic E-state index is 0.0180. The van der Waals surface area contributed by atoms with Crippen LogP contribution in [0, 0.1) is 11.6 Å². The maximum absolute atomic E-state index is 14.4. The molecule has 0 spiro atoms. The van der Waals surface area contributed by atoms with Gasteiger partial charge in [-0.15, -0.1) is 0 Å². The van der Waals surface area contributed by atoms with E-state index < -0.39 is 24.2 Å². The Balaban J connectivity index is 1.54. The summed E-state index contributed by atoms with van der Waals surface area (Å²) >= 11 is 0. The summed E-state index contributed by atoms with van der Waals surface area (Å²) in [5.74, 6) is -1.12. The molecule has 1 fully saturated rings. The minimum Gasteiger partial charge on any atom is -0.373 e. The van der Waals surface area contributed by atoms with Crippen molar-refractivity contribution in [1.29, 1.82) is 0 Å². The van der Waals surface area contributed by atoms with Gasteiger partial charge in [0.2, 0.25) is 0 Å². The summed E-state index contributed by atoms with van der Waals surface area (Å²) in [6.45, 7) is 4.25. The van der Waals surface area contributed by atoms with Crippen molar-refractivity contribution in [3.05, 3.63) is 54.6 Å². The zero-order chi connectivity index (χ0) is 22.2. The first-order valence-corrected chi connectivity index (χ1v) is 9.61. The van der Waals surface area contributed by atoms with Crippen LogP contribution in [-0.2, 0) is 0 Å². The maximum atomic E-state index is 14.4. The second kappa shape index (κ2) is 8.12. The number of fused-ring (bicyclic) bond motifs is 1. The second-order valence-corrected chi connectivity index (χ2v) is 7.40. The molecule has 0 unspecified atom stereocenters. The van der Waals surface area contributed by atoms with Crippen LogP contribution in [0.15, 0.2) is 43.0 Å². The van der Waals surface area contributed by atoms with Crippen molar-refractivity contribution in [2.45, 2.75) is 31.5 Å². The molecular weight excluding hydrogens is 419 g/mol. The fourth-order valence-electron chi connectivity index (χ4n) is 3.63. The van der Waals surface area contributed by atoms with Crippen LogP contribution in [-0.4, -0.2) is 49.6 Å². The van der Waals surface area contributed by atoms with Gasteiger partial charge in [-0.1, -0.05) is 6.58 Å². The number of likely N-dealkylation sites (tertiary alicyclic amines) is 1. The molecule has 3 aromatic heterocycles. The lowest BCUT2D eigenvalue weighted by Gasteiger charge is -2.36. The number of allylic oxidation sites excluding steroid dienone is 1. The predicted octanol–water partition coefficient (Wildman–Crippen LogP) is 4.41. The topological polar surface area (TPSA) is 58.3 Å². The smallest absolute Gasteiger partial charge is 0.373 e. The lowest BCUT2D eigenvalue weighted by atomic mass is 10.0. The normalized spacial score (nSPS) is 17.2. The van der Waals surface area contributed by atoms with Crippen LogP contribution in [0.5, 0.6) is 0 Å². The largest absolute Gasteiger partial charge is 0.394 e. The summed E-state index contributed by atoms with van der Waals surface area (Å²) in [5.41, 5.74) is 0.835. The summed E-state index contributed by atoms with van der Waals surface area (Å²) in [7, 11) is 0. The molecule has 1 saturated heterocycles. The van der Waals surface area contributed by atoms with E-state index in [1.54, 1.807) is 4.90 Å². The highest BCUT2D eigenvalue weighted by Gasteiger charge is 2.32. The Labute approximate surface area is 174 Å². The fraction of sp³-hybridized carbons (Fsp3) is 0.350. The van der Waals surface area contributed by atoms with Gasteiger partial charge in [-0.2, -0.15) is 13.2 Å². The van der Waals surface area contributed by atoms with Crippen LogP contribution in [0.2, 0.25) is 0 Å². The first kappa shape index (κ1) is 21.0. The zero-order valence-electron chi connectivity index (χ0n) is 16.3. The highest BCUT2D eigenvalue weighted by Crippen LogP contribution is 2.28. The molecule has 1 aliphatic rings. The molecule has 1 N–H and O–H groups in total. The Bertz CT molecular complexity index is 1110. The third kappa shape index (κ3) is 4.75. The predicted molar refractivity (Wildman–Crippen MR) is 104 cm³/mol. The molecule has 1 aliphatic heterocycles. The van der Waals surface area contributed by atoms with Crippen molar-refractivity contribution >= 4 is 11.5 Å². The van der Waals surface area contributed by atoms with E-state index in [2.05, 4.69) is 26.8 Å². The van der Waals surface area contributed by atoms with Crippen molar-refractivity contribution in [3.8, 4) is 11.5 Å². The van der Waals surface area contributed by atoms with Crippen molar-refractivity contribution in [1.82, 2.24) is 24.3 Å². The van der Waals surface area contributed by atoms with Crippen LogP contribution in [0.3, 0.4) is 0 Å². The number of pyridine rings is 1. The molecule has 0 aromatic carbocycles. The number of piperidine rings is 1. The summed E-state index contributed by atoms with van der Waals surface area (Å²) in [6, 6.07) is 2.44. The van der Waals surface area contributed by atoms with Gasteiger partial charge in [-0.25, -0.2) is 23.7 Å². The Hall–Kier alpha value is -3.24. The number of nitrogens with one attached hydrogen (secondary N) is 1.